The van der Waals surface area contributed by atoms with Crippen LogP contribution in [0, 0.1) is 0 Å². The number of ether oxygens (including phenoxy) is 1. The zero-order chi connectivity index (χ0) is 14.9. The van der Waals surface area contributed by atoms with Crippen molar-refractivity contribution in [3.63, 3.8) is 0 Å². The molecule has 0 radical (unpaired) electrons. The molecule has 1 N–H and O–H groups in total. The lowest BCUT2D eigenvalue weighted by Crippen LogP contribution is -2.30. The number of hydrogen-bond donors (Lipinski definition) is 1. The van der Waals surface area contributed by atoms with Crippen molar-refractivity contribution in [1.29, 1.82) is 0 Å². The van der Waals surface area contributed by atoms with Gasteiger partial charge in [0, 0.05) is 19.8 Å². The van der Waals surface area contributed by atoms with Gasteiger partial charge in [0.25, 0.3) is 0 Å². The van der Waals surface area contributed by atoms with E-state index in [1.54, 1.807) is 7.11 Å². The molecule has 0 saturated carbocycles. The minimum absolute atomic E-state index is 0.713. The first-order valence-corrected chi connectivity index (χ1v) is 9.07. The van der Waals surface area contributed by atoms with Gasteiger partial charge in [-0.3, -0.25) is 0 Å². The third-order valence-corrected chi connectivity index (χ3v) is 3.99. The van der Waals surface area contributed by atoms with Gasteiger partial charge in [-0.15, -0.1) is 0 Å². The average molecular weight is 286 g/mol. The van der Waals surface area contributed by atoms with Crippen molar-refractivity contribution in [3.8, 4) is 0 Å². The highest BCUT2D eigenvalue weighted by Gasteiger charge is 2.06. The third kappa shape index (κ3) is 14.3. The van der Waals surface area contributed by atoms with Crippen molar-refractivity contribution < 1.29 is 4.74 Å². The molecule has 0 aromatic heterocycles. The molecular weight excluding hydrogens is 246 g/mol. The Balaban J connectivity index is 3.46. The Morgan fingerprint density at radius 3 is 1.95 bits per heavy atom. The zero-order valence-corrected chi connectivity index (χ0v) is 14.4. The van der Waals surface area contributed by atoms with Crippen molar-refractivity contribution in [1.82, 2.24) is 5.32 Å². The summed E-state index contributed by atoms with van der Waals surface area (Å²) in [5, 5.41) is 3.69. The maximum atomic E-state index is 5.16. The van der Waals surface area contributed by atoms with E-state index in [-0.39, 0.29) is 0 Å². The molecule has 0 rings (SSSR count). The Kier molecular flexibility index (Phi) is 16.9. The molecule has 0 amide bonds. The summed E-state index contributed by atoms with van der Waals surface area (Å²) < 4.78 is 5.16. The summed E-state index contributed by atoms with van der Waals surface area (Å²) in [7, 11) is 1.80. The minimum atomic E-state index is 0.713. The lowest BCUT2D eigenvalue weighted by Gasteiger charge is -2.18. The number of nitrogens with one attached hydrogen (secondary N) is 1. The van der Waals surface area contributed by atoms with E-state index < -0.39 is 0 Å². The summed E-state index contributed by atoms with van der Waals surface area (Å²) >= 11 is 0. The second-order valence-corrected chi connectivity index (χ2v) is 6.05. The van der Waals surface area contributed by atoms with Crippen molar-refractivity contribution in [2.75, 3.05) is 20.3 Å². The summed E-state index contributed by atoms with van der Waals surface area (Å²) in [6.45, 7) is 6.60. The highest BCUT2D eigenvalue weighted by molar-refractivity contribution is 4.67. The quantitative estimate of drug-likeness (QED) is 0.388. The average Bonchev–Trinajstić information content (AvgIpc) is 2.47. The molecule has 0 spiro atoms. The Morgan fingerprint density at radius 2 is 1.35 bits per heavy atom. The first kappa shape index (κ1) is 19.9. The molecule has 122 valence electrons. The van der Waals surface area contributed by atoms with Gasteiger partial charge in [0.05, 0.1) is 0 Å². The van der Waals surface area contributed by atoms with Gasteiger partial charge in [-0.05, 0) is 32.2 Å². The maximum absolute atomic E-state index is 5.16. The first-order chi connectivity index (χ1) is 9.85. The molecule has 0 bridgehead atoms. The van der Waals surface area contributed by atoms with Crippen LogP contribution in [0.3, 0.4) is 0 Å². The van der Waals surface area contributed by atoms with E-state index in [9.17, 15) is 0 Å². The molecule has 0 fully saturated rings. The summed E-state index contributed by atoms with van der Waals surface area (Å²) in [5.41, 5.74) is 0. The Bertz CT molecular complexity index is 173. The van der Waals surface area contributed by atoms with Crippen LogP contribution in [0.5, 0.6) is 0 Å². The van der Waals surface area contributed by atoms with Crippen LogP contribution in [-0.2, 0) is 4.74 Å². The lowest BCUT2D eigenvalue weighted by atomic mass is 10.0. The third-order valence-electron chi connectivity index (χ3n) is 3.99. The van der Waals surface area contributed by atoms with Gasteiger partial charge in [-0.2, -0.15) is 0 Å². The summed E-state index contributed by atoms with van der Waals surface area (Å²) in [5.74, 6) is 0. The van der Waals surface area contributed by atoms with Crippen LogP contribution in [0.25, 0.3) is 0 Å². The molecule has 0 aliphatic carbocycles. The van der Waals surface area contributed by atoms with E-state index in [0.29, 0.717) is 6.04 Å². The van der Waals surface area contributed by atoms with Crippen LogP contribution in [0.15, 0.2) is 0 Å². The summed E-state index contributed by atoms with van der Waals surface area (Å²) in [4.78, 5) is 0. The molecule has 20 heavy (non-hydrogen) atoms. The normalized spacial score (nSPS) is 12.8. The fourth-order valence-corrected chi connectivity index (χ4v) is 2.70. The minimum Gasteiger partial charge on any atom is -0.385 e. The van der Waals surface area contributed by atoms with Crippen LogP contribution in [0.1, 0.15) is 90.9 Å². The summed E-state index contributed by atoms with van der Waals surface area (Å²) in [6.07, 6.45) is 16.4. The Morgan fingerprint density at radius 1 is 0.750 bits per heavy atom. The fourth-order valence-electron chi connectivity index (χ4n) is 2.70. The lowest BCUT2D eigenvalue weighted by molar-refractivity contribution is 0.187. The number of rotatable bonds is 16. The highest BCUT2D eigenvalue weighted by Crippen LogP contribution is 2.12. The van der Waals surface area contributed by atoms with Crippen LogP contribution >= 0.6 is 0 Å². The number of hydrogen-bond acceptors (Lipinski definition) is 2. The van der Waals surface area contributed by atoms with Crippen molar-refractivity contribution in [2.45, 2.75) is 96.9 Å². The fraction of sp³-hybridized carbons (Fsp3) is 1.00. The number of unbranched alkanes of at least 4 members (excludes halogenated alkanes) is 7. The van der Waals surface area contributed by atoms with Crippen LogP contribution < -0.4 is 5.32 Å². The van der Waals surface area contributed by atoms with Crippen LogP contribution in [-0.4, -0.2) is 26.3 Å². The van der Waals surface area contributed by atoms with Gasteiger partial charge < -0.3 is 10.1 Å². The monoisotopic (exact) mass is 285 g/mol. The highest BCUT2D eigenvalue weighted by atomic mass is 16.5. The van der Waals surface area contributed by atoms with Crippen LogP contribution in [0.4, 0.5) is 0 Å². The molecule has 0 aliphatic heterocycles. The molecule has 1 unspecified atom stereocenters. The molecule has 1 atom stereocenters. The summed E-state index contributed by atoms with van der Waals surface area (Å²) in [6, 6.07) is 0.713. The molecule has 0 aliphatic rings. The Labute approximate surface area is 128 Å². The van der Waals surface area contributed by atoms with Crippen molar-refractivity contribution in [2.24, 2.45) is 0 Å². The van der Waals surface area contributed by atoms with E-state index >= 15 is 0 Å². The second kappa shape index (κ2) is 17.0. The molecule has 0 aromatic carbocycles. The van der Waals surface area contributed by atoms with E-state index in [1.165, 1.54) is 77.0 Å². The standard InChI is InChI=1S/C18H39NO/c1-4-6-7-8-9-10-11-12-14-18(19-16-5-2)15-13-17-20-3/h18-19H,4-17H2,1-3H3. The second-order valence-electron chi connectivity index (χ2n) is 6.05. The van der Waals surface area contributed by atoms with Crippen molar-refractivity contribution >= 4 is 0 Å². The van der Waals surface area contributed by atoms with E-state index in [1.807, 2.05) is 0 Å². The molecular formula is C18H39NO. The zero-order valence-electron chi connectivity index (χ0n) is 14.4. The predicted molar refractivity (Wildman–Crippen MR) is 90.4 cm³/mol. The molecule has 2 nitrogen and oxygen atoms in total. The van der Waals surface area contributed by atoms with Gasteiger partial charge in [-0.25, -0.2) is 0 Å². The number of methoxy groups -OCH3 is 1. The van der Waals surface area contributed by atoms with Gasteiger partial charge in [0.15, 0.2) is 0 Å². The smallest absolute Gasteiger partial charge is 0.0462 e. The van der Waals surface area contributed by atoms with Crippen LogP contribution in [0.2, 0.25) is 0 Å². The largest absolute Gasteiger partial charge is 0.385 e. The molecule has 0 heterocycles. The predicted octanol–water partition coefficient (Wildman–Crippen LogP) is 5.31. The topological polar surface area (TPSA) is 21.3 Å². The van der Waals surface area contributed by atoms with E-state index in [2.05, 4.69) is 19.2 Å². The Hall–Kier alpha value is -0.0800. The van der Waals surface area contributed by atoms with E-state index in [0.717, 1.165) is 13.2 Å². The maximum Gasteiger partial charge on any atom is 0.0462 e. The molecule has 0 saturated heterocycles. The molecule has 2 heteroatoms. The van der Waals surface area contributed by atoms with Gasteiger partial charge in [-0.1, -0.05) is 65.2 Å². The van der Waals surface area contributed by atoms with Gasteiger partial charge >= 0.3 is 0 Å². The SMILES string of the molecule is CCCCCCCCCCC(CCCOC)NCCC. The van der Waals surface area contributed by atoms with Gasteiger partial charge in [0.1, 0.15) is 0 Å². The van der Waals surface area contributed by atoms with Crippen molar-refractivity contribution in [3.05, 3.63) is 0 Å². The first-order valence-electron chi connectivity index (χ1n) is 9.07. The van der Waals surface area contributed by atoms with Gasteiger partial charge in [0.2, 0.25) is 0 Å². The van der Waals surface area contributed by atoms with E-state index in [4.69, 9.17) is 4.74 Å². The molecule has 0 aromatic rings.